The summed E-state index contributed by atoms with van der Waals surface area (Å²) in [5, 5.41) is 10.6. The first kappa shape index (κ1) is 13.5. The van der Waals surface area contributed by atoms with Crippen molar-refractivity contribution in [3.63, 3.8) is 0 Å². The zero-order valence-corrected chi connectivity index (χ0v) is 10.7. The van der Waals surface area contributed by atoms with Crippen LogP contribution in [0, 0.1) is 11.8 Å². The first-order chi connectivity index (χ1) is 8.11. The van der Waals surface area contributed by atoms with Gasteiger partial charge in [0, 0.05) is 12.0 Å². The Labute approximate surface area is 104 Å². The molecule has 0 saturated heterocycles. The Hall–Kier alpha value is -1.52. The van der Waals surface area contributed by atoms with Gasteiger partial charge < -0.3 is 5.11 Å². The minimum atomic E-state index is -1.21. The lowest BCUT2D eigenvalue weighted by molar-refractivity contribution is 0.141. The monoisotopic (exact) mass is 228 g/mol. The van der Waals surface area contributed by atoms with E-state index in [4.69, 9.17) is 0 Å². The van der Waals surface area contributed by atoms with Gasteiger partial charge in [-0.2, -0.15) is 0 Å². The third-order valence-corrected chi connectivity index (χ3v) is 2.73. The van der Waals surface area contributed by atoms with Crippen molar-refractivity contribution in [3.8, 4) is 11.8 Å². The van der Waals surface area contributed by atoms with Gasteiger partial charge in [-0.3, -0.25) is 0 Å². The Morgan fingerprint density at radius 2 is 2.00 bits per heavy atom. The van der Waals surface area contributed by atoms with Gasteiger partial charge in [0.15, 0.2) is 5.60 Å². The molecule has 0 fully saturated rings. The number of hydrogen-bond acceptors (Lipinski definition) is 1. The van der Waals surface area contributed by atoms with Crippen molar-refractivity contribution in [3.05, 3.63) is 48.0 Å². The smallest absolute Gasteiger partial charge is 0.172 e. The summed E-state index contributed by atoms with van der Waals surface area (Å²) in [4.78, 5) is 0. The van der Waals surface area contributed by atoms with Crippen LogP contribution in [0.1, 0.15) is 38.7 Å². The third-order valence-electron chi connectivity index (χ3n) is 2.73. The van der Waals surface area contributed by atoms with E-state index in [2.05, 4.69) is 25.3 Å². The van der Waals surface area contributed by atoms with Crippen LogP contribution in [-0.4, -0.2) is 5.11 Å². The fourth-order valence-corrected chi connectivity index (χ4v) is 1.56. The minimum absolute atomic E-state index is 0.660. The van der Waals surface area contributed by atoms with E-state index in [1.165, 1.54) is 0 Å². The van der Waals surface area contributed by atoms with Crippen molar-refractivity contribution < 1.29 is 5.11 Å². The molecular weight excluding hydrogens is 208 g/mol. The molecule has 1 N–H and O–H groups in total. The molecule has 0 aromatic heterocycles. The first-order valence-corrected chi connectivity index (χ1v) is 6.05. The highest BCUT2D eigenvalue weighted by Crippen LogP contribution is 2.27. The Morgan fingerprint density at radius 3 is 2.53 bits per heavy atom. The van der Waals surface area contributed by atoms with E-state index in [0.29, 0.717) is 5.57 Å². The van der Waals surface area contributed by atoms with Crippen molar-refractivity contribution >= 4 is 0 Å². The van der Waals surface area contributed by atoms with Crippen LogP contribution >= 0.6 is 0 Å². The lowest BCUT2D eigenvalue weighted by Gasteiger charge is -2.23. The molecule has 90 valence electrons. The molecule has 0 aliphatic carbocycles. The second-order valence-corrected chi connectivity index (χ2v) is 4.26. The Kier molecular flexibility index (Phi) is 5.00. The molecule has 1 aromatic carbocycles. The average molecular weight is 228 g/mol. The van der Waals surface area contributed by atoms with E-state index in [0.717, 1.165) is 24.8 Å². The molecule has 1 unspecified atom stereocenters. The fraction of sp³-hybridized carbons (Fsp3) is 0.375. The van der Waals surface area contributed by atoms with Crippen LogP contribution in [0.15, 0.2) is 42.5 Å². The van der Waals surface area contributed by atoms with Crippen LogP contribution in [0.3, 0.4) is 0 Å². The molecule has 1 atom stereocenters. The molecule has 1 nitrogen and oxygen atoms in total. The molecule has 0 aliphatic rings. The molecule has 1 heteroatoms. The van der Waals surface area contributed by atoms with Crippen LogP contribution < -0.4 is 0 Å². The topological polar surface area (TPSA) is 20.2 Å². The highest BCUT2D eigenvalue weighted by Gasteiger charge is 2.27. The molecule has 0 spiro atoms. The molecule has 0 amide bonds. The van der Waals surface area contributed by atoms with Gasteiger partial charge >= 0.3 is 0 Å². The van der Waals surface area contributed by atoms with Crippen molar-refractivity contribution in [1.29, 1.82) is 0 Å². The Balaban J connectivity index is 2.97. The summed E-state index contributed by atoms with van der Waals surface area (Å²) in [5.41, 5.74) is 0.235. The minimum Gasteiger partial charge on any atom is -0.370 e. The van der Waals surface area contributed by atoms with Gasteiger partial charge in [-0.15, -0.1) is 0 Å². The van der Waals surface area contributed by atoms with Crippen molar-refractivity contribution in [2.45, 2.75) is 38.7 Å². The standard InChI is InChI=1S/C16H20O/c1-4-5-6-10-13-16(17,14(2)3)15-11-8-7-9-12-15/h7-9,11-12,17H,2,4-6H2,1,3H3. The molecule has 1 rings (SSSR count). The predicted octanol–water partition coefficient (Wildman–Crippen LogP) is 3.64. The number of aliphatic hydroxyl groups is 1. The molecule has 0 heterocycles. The van der Waals surface area contributed by atoms with E-state index in [1.807, 2.05) is 37.3 Å². The lowest BCUT2D eigenvalue weighted by Crippen LogP contribution is -2.24. The maximum absolute atomic E-state index is 10.6. The number of benzene rings is 1. The number of unbranched alkanes of at least 4 members (excludes halogenated alkanes) is 2. The van der Waals surface area contributed by atoms with E-state index in [1.54, 1.807) is 0 Å². The highest BCUT2D eigenvalue weighted by atomic mass is 16.3. The molecule has 0 saturated carbocycles. The summed E-state index contributed by atoms with van der Waals surface area (Å²) in [5.74, 6) is 6.00. The summed E-state index contributed by atoms with van der Waals surface area (Å²) < 4.78 is 0. The van der Waals surface area contributed by atoms with Gasteiger partial charge in [0.1, 0.15) is 0 Å². The van der Waals surface area contributed by atoms with Crippen LogP contribution in [0.5, 0.6) is 0 Å². The summed E-state index contributed by atoms with van der Waals surface area (Å²) in [6.07, 6.45) is 3.00. The largest absolute Gasteiger partial charge is 0.370 e. The predicted molar refractivity (Wildman–Crippen MR) is 72.5 cm³/mol. The molecule has 0 radical (unpaired) electrons. The fourth-order valence-electron chi connectivity index (χ4n) is 1.56. The van der Waals surface area contributed by atoms with Crippen LogP contribution in [0.25, 0.3) is 0 Å². The molecule has 1 aromatic rings. The van der Waals surface area contributed by atoms with E-state index < -0.39 is 5.60 Å². The maximum Gasteiger partial charge on any atom is 0.172 e. The zero-order valence-electron chi connectivity index (χ0n) is 10.7. The summed E-state index contributed by atoms with van der Waals surface area (Å²) in [6.45, 7) is 7.79. The summed E-state index contributed by atoms with van der Waals surface area (Å²) >= 11 is 0. The van der Waals surface area contributed by atoms with Crippen LogP contribution in [-0.2, 0) is 5.60 Å². The second-order valence-electron chi connectivity index (χ2n) is 4.26. The Morgan fingerprint density at radius 1 is 1.35 bits per heavy atom. The lowest BCUT2D eigenvalue weighted by atomic mass is 9.88. The normalized spacial score (nSPS) is 13.4. The van der Waals surface area contributed by atoms with Crippen LogP contribution in [0.4, 0.5) is 0 Å². The molecule has 0 bridgehead atoms. The highest BCUT2D eigenvalue weighted by molar-refractivity contribution is 5.40. The zero-order chi connectivity index (χ0) is 12.7. The average Bonchev–Trinajstić information content (AvgIpc) is 2.35. The first-order valence-electron chi connectivity index (χ1n) is 6.05. The Bertz CT molecular complexity index is 422. The van der Waals surface area contributed by atoms with Gasteiger partial charge in [0.2, 0.25) is 0 Å². The van der Waals surface area contributed by atoms with Gasteiger partial charge in [0.25, 0.3) is 0 Å². The van der Waals surface area contributed by atoms with Crippen molar-refractivity contribution in [1.82, 2.24) is 0 Å². The SMILES string of the molecule is C=C(C)C(O)(C#CCCCC)c1ccccc1. The van der Waals surface area contributed by atoms with Crippen molar-refractivity contribution in [2.24, 2.45) is 0 Å². The molecule has 17 heavy (non-hydrogen) atoms. The third kappa shape index (κ3) is 3.47. The van der Waals surface area contributed by atoms with Gasteiger partial charge in [-0.25, -0.2) is 0 Å². The van der Waals surface area contributed by atoms with E-state index in [-0.39, 0.29) is 0 Å². The quantitative estimate of drug-likeness (QED) is 0.474. The summed E-state index contributed by atoms with van der Waals surface area (Å²) in [6, 6.07) is 9.48. The van der Waals surface area contributed by atoms with E-state index >= 15 is 0 Å². The number of hydrogen-bond donors (Lipinski definition) is 1. The number of rotatable bonds is 4. The second kappa shape index (κ2) is 6.27. The summed E-state index contributed by atoms with van der Waals surface area (Å²) in [7, 11) is 0. The van der Waals surface area contributed by atoms with E-state index in [9.17, 15) is 5.11 Å². The van der Waals surface area contributed by atoms with Gasteiger partial charge in [0.05, 0.1) is 0 Å². The molecular formula is C16H20O. The van der Waals surface area contributed by atoms with Gasteiger partial charge in [-0.05, 0) is 18.9 Å². The van der Waals surface area contributed by atoms with Gasteiger partial charge in [-0.1, -0.05) is 62.1 Å². The van der Waals surface area contributed by atoms with Crippen molar-refractivity contribution in [2.75, 3.05) is 0 Å². The van der Waals surface area contributed by atoms with Crippen LogP contribution in [0.2, 0.25) is 0 Å². The maximum atomic E-state index is 10.6. The molecule has 0 aliphatic heterocycles.